The van der Waals surface area contributed by atoms with Crippen LogP contribution in [0.5, 0.6) is 0 Å². The molecule has 1 aromatic rings. The third kappa shape index (κ3) is 1.96. The average Bonchev–Trinajstić information content (AvgIpc) is 2.36. The lowest BCUT2D eigenvalue weighted by Gasteiger charge is -2.42. The molecular weight excluding hydrogens is 266 g/mol. The molecule has 5 nitrogen and oxygen atoms in total. The number of benzene rings is 1. The molecule has 1 saturated heterocycles. The Morgan fingerprint density at radius 3 is 2.47 bits per heavy atom. The van der Waals surface area contributed by atoms with Gasteiger partial charge in [-0.25, -0.2) is 12.7 Å². The van der Waals surface area contributed by atoms with Gasteiger partial charge in [0.25, 0.3) is 10.0 Å². The van der Waals surface area contributed by atoms with Crippen molar-refractivity contribution in [2.24, 2.45) is 5.92 Å². The normalized spacial score (nSPS) is 23.1. The minimum atomic E-state index is -3.93. The second-order valence-electron chi connectivity index (χ2n) is 4.55. The monoisotopic (exact) mass is 281 g/mol. The third-order valence-corrected chi connectivity index (χ3v) is 5.38. The van der Waals surface area contributed by atoms with Gasteiger partial charge in [0.05, 0.1) is 10.8 Å². The molecule has 0 radical (unpaired) electrons. The summed E-state index contributed by atoms with van der Waals surface area (Å²) in [6.45, 7) is 3.42. The van der Waals surface area contributed by atoms with Crippen LogP contribution < -0.4 is 0 Å². The van der Waals surface area contributed by atoms with Crippen LogP contribution in [0.25, 0.3) is 0 Å². The number of nitrogens with zero attached hydrogens (tertiary/aromatic N) is 1. The van der Waals surface area contributed by atoms with Crippen LogP contribution in [0, 0.1) is 12.8 Å². The summed E-state index contributed by atoms with van der Waals surface area (Å²) < 4.78 is 25.6. The van der Waals surface area contributed by atoms with E-state index in [-0.39, 0.29) is 4.90 Å². The quantitative estimate of drug-likeness (QED) is 0.612. The lowest BCUT2D eigenvalue weighted by atomic mass is 9.89. The predicted molar refractivity (Wildman–Crippen MR) is 68.8 cm³/mol. The molecule has 1 aromatic carbocycles. The van der Waals surface area contributed by atoms with Crippen LogP contribution in [-0.2, 0) is 19.6 Å². The molecule has 0 unspecified atom stereocenters. The molecule has 0 aromatic heterocycles. The van der Waals surface area contributed by atoms with Gasteiger partial charge in [-0.2, -0.15) is 0 Å². The van der Waals surface area contributed by atoms with Crippen LogP contribution in [0.15, 0.2) is 29.2 Å². The smallest absolute Gasteiger partial charge is 0.267 e. The Balaban J connectivity index is 2.45. The van der Waals surface area contributed by atoms with Crippen LogP contribution in [0.3, 0.4) is 0 Å². The zero-order valence-electron chi connectivity index (χ0n) is 10.7. The summed E-state index contributed by atoms with van der Waals surface area (Å²) >= 11 is 0. The van der Waals surface area contributed by atoms with E-state index in [1.165, 1.54) is 6.07 Å². The van der Waals surface area contributed by atoms with Crippen LogP contribution in [0.2, 0.25) is 0 Å². The molecule has 1 amide bonds. The van der Waals surface area contributed by atoms with Crippen molar-refractivity contribution in [1.29, 1.82) is 0 Å². The zero-order valence-corrected chi connectivity index (χ0v) is 11.6. The lowest BCUT2D eigenvalue weighted by molar-refractivity contribution is -0.149. The fourth-order valence-corrected chi connectivity index (χ4v) is 4.16. The van der Waals surface area contributed by atoms with E-state index in [1.807, 2.05) is 0 Å². The first-order valence-electron chi connectivity index (χ1n) is 6.04. The van der Waals surface area contributed by atoms with Crippen molar-refractivity contribution in [3.63, 3.8) is 0 Å². The molecule has 19 heavy (non-hydrogen) atoms. The van der Waals surface area contributed by atoms with Crippen molar-refractivity contribution < 1.29 is 18.0 Å². The van der Waals surface area contributed by atoms with Gasteiger partial charge >= 0.3 is 0 Å². The number of hydrogen-bond acceptors (Lipinski definition) is 4. The number of aryl methyl sites for hydroxylation is 1. The Hall–Kier alpha value is -1.69. The number of carbonyl (C=O) groups is 2. The highest BCUT2D eigenvalue weighted by Gasteiger charge is 2.52. The second kappa shape index (κ2) is 4.77. The molecule has 0 saturated carbocycles. The average molecular weight is 281 g/mol. The minimum absolute atomic E-state index is 0.0738. The number of aldehydes is 1. The molecular formula is C13H15NO4S. The van der Waals surface area contributed by atoms with Gasteiger partial charge in [0.1, 0.15) is 12.3 Å². The van der Waals surface area contributed by atoms with Crippen LogP contribution >= 0.6 is 0 Å². The summed E-state index contributed by atoms with van der Waals surface area (Å²) in [5, 5.41) is 0. The van der Waals surface area contributed by atoms with Gasteiger partial charge in [0.15, 0.2) is 0 Å². The van der Waals surface area contributed by atoms with Crippen LogP contribution in [0.4, 0.5) is 0 Å². The molecule has 1 aliphatic heterocycles. The van der Waals surface area contributed by atoms with E-state index < -0.39 is 27.9 Å². The topological polar surface area (TPSA) is 71.5 Å². The minimum Gasteiger partial charge on any atom is -0.301 e. The Labute approximate surface area is 112 Å². The molecule has 0 spiro atoms. The number of sulfonamides is 1. The summed E-state index contributed by atoms with van der Waals surface area (Å²) in [4.78, 5) is 23.0. The third-order valence-electron chi connectivity index (χ3n) is 3.43. The van der Waals surface area contributed by atoms with Gasteiger partial charge in [-0.15, -0.1) is 0 Å². The van der Waals surface area contributed by atoms with Crippen molar-refractivity contribution in [2.45, 2.75) is 31.2 Å². The first-order valence-corrected chi connectivity index (χ1v) is 7.48. The zero-order chi connectivity index (χ0) is 14.2. The van der Waals surface area contributed by atoms with E-state index in [2.05, 4.69) is 0 Å². The SMILES string of the molecule is CC[C@@H]1C(=O)N(S(=O)(=O)c2ccccc2C)[C@@H]1C=O. The van der Waals surface area contributed by atoms with Gasteiger partial charge in [-0.3, -0.25) is 4.79 Å². The van der Waals surface area contributed by atoms with E-state index in [1.54, 1.807) is 32.0 Å². The highest BCUT2D eigenvalue weighted by molar-refractivity contribution is 7.89. The maximum atomic E-state index is 12.4. The lowest BCUT2D eigenvalue weighted by Crippen LogP contribution is -2.63. The molecule has 1 fully saturated rings. The van der Waals surface area contributed by atoms with Crippen molar-refractivity contribution in [2.75, 3.05) is 0 Å². The molecule has 0 N–H and O–H groups in total. The predicted octanol–water partition coefficient (Wildman–Crippen LogP) is 1.12. The number of β-lactam (4-membered cyclic amide) rings is 1. The molecule has 2 rings (SSSR count). The van der Waals surface area contributed by atoms with E-state index in [4.69, 9.17) is 0 Å². The van der Waals surface area contributed by atoms with Gasteiger partial charge < -0.3 is 4.79 Å². The van der Waals surface area contributed by atoms with Gasteiger partial charge in [-0.1, -0.05) is 25.1 Å². The van der Waals surface area contributed by atoms with Crippen molar-refractivity contribution >= 4 is 22.2 Å². The molecule has 0 aliphatic carbocycles. The Morgan fingerprint density at radius 2 is 1.95 bits per heavy atom. The fraction of sp³-hybridized carbons (Fsp3) is 0.385. The number of hydrogen-bond donors (Lipinski definition) is 0. The standard InChI is InChI=1S/C13H15NO4S/c1-3-10-11(8-15)14(13(10)16)19(17,18)12-7-5-4-6-9(12)2/h4-8,10-11H,3H2,1-2H3/t10-,11+/m0/s1. The Morgan fingerprint density at radius 1 is 1.32 bits per heavy atom. The molecule has 2 atom stereocenters. The van der Waals surface area contributed by atoms with Gasteiger partial charge in [0, 0.05) is 0 Å². The summed E-state index contributed by atoms with van der Waals surface area (Å²) in [5.74, 6) is -1.01. The van der Waals surface area contributed by atoms with E-state index >= 15 is 0 Å². The summed E-state index contributed by atoms with van der Waals surface area (Å²) in [5.41, 5.74) is 0.555. The first kappa shape index (κ1) is 13.7. The largest absolute Gasteiger partial charge is 0.301 e. The molecule has 1 aliphatic rings. The summed E-state index contributed by atoms with van der Waals surface area (Å²) in [6.07, 6.45) is 0.993. The van der Waals surface area contributed by atoms with Crippen molar-refractivity contribution in [1.82, 2.24) is 4.31 Å². The number of amides is 1. The van der Waals surface area contributed by atoms with Crippen LogP contribution in [0.1, 0.15) is 18.9 Å². The highest BCUT2D eigenvalue weighted by Crippen LogP contribution is 2.34. The summed E-state index contributed by atoms with van der Waals surface area (Å²) in [7, 11) is -3.93. The number of carbonyl (C=O) groups excluding carboxylic acids is 2. The summed E-state index contributed by atoms with van der Waals surface area (Å²) in [6, 6.07) is 5.54. The van der Waals surface area contributed by atoms with Crippen LogP contribution in [-0.4, -0.2) is 31.0 Å². The molecule has 6 heteroatoms. The fourth-order valence-electron chi connectivity index (χ4n) is 2.33. The molecule has 0 bridgehead atoms. The molecule has 1 heterocycles. The Kier molecular flexibility index (Phi) is 3.45. The van der Waals surface area contributed by atoms with E-state index in [0.29, 0.717) is 22.6 Å². The van der Waals surface area contributed by atoms with E-state index in [9.17, 15) is 18.0 Å². The molecule has 102 valence electrons. The number of rotatable bonds is 4. The first-order chi connectivity index (χ1) is 8.95. The Bertz CT molecular complexity index is 623. The van der Waals surface area contributed by atoms with E-state index in [0.717, 1.165) is 0 Å². The van der Waals surface area contributed by atoms with Crippen molar-refractivity contribution in [3.05, 3.63) is 29.8 Å². The van der Waals surface area contributed by atoms with Gasteiger partial charge in [0.2, 0.25) is 5.91 Å². The second-order valence-corrected chi connectivity index (χ2v) is 6.33. The maximum absolute atomic E-state index is 12.4. The highest BCUT2D eigenvalue weighted by atomic mass is 32.2. The van der Waals surface area contributed by atoms with Gasteiger partial charge in [-0.05, 0) is 25.0 Å². The van der Waals surface area contributed by atoms with Crippen molar-refractivity contribution in [3.8, 4) is 0 Å². The maximum Gasteiger partial charge on any atom is 0.267 e.